The fraction of sp³-hybridized carbons (Fsp3) is 0.333. The average molecular weight is 283 g/mol. The third kappa shape index (κ3) is 3.41. The molecule has 1 atom stereocenters. The lowest BCUT2D eigenvalue weighted by atomic mass is 10.2. The Bertz CT molecular complexity index is 593. The van der Waals surface area contributed by atoms with Crippen LogP contribution < -0.4 is 10.6 Å². The van der Waals surface area contributed by atoms with Crippen LogP contribution in [-0.2, 0) is 6.54 Å². The maximum Gasteiger partial charge on any atom is 0.271 e. The summed E-state index contributed by atoms with van der Waals surface area (Å²) in [7, 11) is 0. The summed E-state index contributed by atoms with van der Waals surface area (Å²) in [5.74, 6) is -0.237. The third-order valence-corrected chi connectivity index (χ3v) is 3.48. The van der Waals surface area contributed by atoms with Gasteiger partial charge in [-0.2, -0.15) is 0 Å². The van der Waals surface area contributed by atoms with Crippen molar-refractivity contribution in [2.75, 3.05) is 6.54 Å². The average Bonchev–Trinajstić information content (AvgIpc) is 3.08. The fourth-order valence-electron chi connectivity index (χ4n) is 2.34. The minimum Gasteiger partial charge on any atom is -0.345 e. The van der Waals surface area contributed by atoms with Crippen molar-refractivity contribution in [2.24, 2.45) is 0 Å². The zero-order valence-electron chi connectivity index (χ0n) is 11.6. The van der Waals surface area contributed by atoms with Crippen LogP contribution in [0, 0.1) is 0 Å². The number of carbonyl (C=O) groups is 1. The standard InChI is InChI=1S/C15H17N5O/c21-15(20-8-11-4-1-2-6-16-11)14-10-18-13(9-19-14)12-5-3-7-17-12/h1-2,4,6,9-10,12,17H,3,5,7-8H2,(H,20,21). The molecule has 1 fully saturated rings. The molecule has 1 saturated heterocycles. The molecule has 3 rings (SSSR count). The summed E-state index contributed by atoms with van der Waals surface area (Å²) in [5, 5.41) is 6.14. The smallest absolute Gasteiger partial charge is 0.271 e. The lowest BCUT2D eigenvalue weighted by Crippen LogP contribution is -2.25. The van der Waals surface area contributed by atoms with Crippen molar-refractivity contribution < 1.29 is 4.79 Å². The number of carbonyl (C=O) groups excluding carboxylic acids is 1. The Morgan fingerprint density at radius 1 is 1.29 bits per heavy atom. The number of amides is 1. The van der Waals surface area contributed by atoms with Gasteiger partial charge >= 0.3 is 0 Å². The number of rotatable bonds is 4. The van der Waals surface area contributed by atoms with Crippen molar-refractivity contribution in [1.29, 1.82) is 0 Å². The second kappa shape index (κ2) is 6.41. The van der Waals surface area contributed by atoms with Crippen LogP contribution in [0.25, 0.3) is 0 Å². The SMILES string of the molecule is O=C(NCc1ccccn1)c1cnc(C2CCCN2)cn1. The Kier molecular flexibility index (Phi) is 4.16. The van der Waals surface area contributed by atoms with Gasteiger partial charge in [0.1, 0.15) is 5.69 Å². The molecule has 0 aromatic carbocycles. The molecular weight excluding hydrogens is 266 g/mol. The maximum atomic E-state index is 12.0. The molecule has 1 aliphatic heterocycles. The molecule has 0 spiro atoms. The molecule has 2 aromatic rings. The van der Waals surface area contributed by atoms with Gasteiger partial charge in [0, 0.05) is 6.20 Å². The highest BCUT2D eigenvalue weighted by molar-refractivity contribution is 5.91. The Balaban J connectivity index is 1.59. The van der Waals surface area contributed by atoms with Crippen LogP contribution in [0.3, 0.4) is 0 Å². The first-order valence-electron chi connectivity index (χ1n) is 7.06. The van der Waals surface area contributed by atoms with E-state index in [1.54, 1.807) is 12.4 Å². The maximum absolute atomic E-state index is 12.0. The minimum absolute atomic E-state index is 0.237. The van der Waals surface area contributed by atoms with Crippen molar-refractivity contribution in [3.05, 3.63) is 53.9 Å². The van der Waals surface area contributed by atoms with Crippen molar-refractivity contribution >= 4 is 5.91 Å². The van der Waals surface area contributed by atoms with E-state index in [2.05, 4.69) is 25.6 Å². The van der Waals surface area contributed by atoms with Gasteiger partial charge in [0.15, 0.2) is 0 Å². The van der Waals surface area contributed by atoms with E-state index in [4.69, 9.17) is 0 Å². The van der Waals surface area contributed by atoms with Crippen molar-refractivity contribution in [3.63, 3.8) is 0 Å². The summed E-state index contributed by atoms with van der Waals surface area (Å²) >= 11 is 0. The zero-order chi connectivity index (χ0) is 14.5. The first-order valence-corrected chi connectivity index (χ1v) is 7.06. The highest BCUT2D eigenvalue weighted by atomic mass is 16.1. The Labute approximate surface area is 123 Å². The summed E-state index contributed by atoms with van der Waals surface area (Å²) in [5.41, 5.74) is 2.03. The molecule has 1 aliphatic rings. The van der Waals surface area contributed by atoms with Crippen molar-refractivity contribution in [1.82, 2.24) is 25.6 Å². The van der Waals surface area contributed by atoms with E-state index in [1.165, 1.54) is 6.20 Å². The van der Waals surface area contributed by atoms with Gasteiger partial charge in [-0.15, -0.1) is 0 Å². The van der Waals surface area contributed by atoms with Gasteiger partial charge in [0.05, 0.1) is 36.4 Å². The van der Waals surface area contributed by atoms with Gasteiger partial charge in [-0.3, -0.25) is 14.8 Å². The van der Waals surface area contributed by atoms with Crippen LogP contribution in [-0.4, -0.2) is 27.4 Å². The van der Waals surface area contributed by atoms with Gasteiger partial charge in [-0.05, 0) is 31.5 Å². The van der Waals surface area contributed by atoms with Gasteiger partial charge in [-0.1, -0.05) is 6.07 Å². The number of aromatic nitrogens is 3. The molecular formula is C15H17N5O. The van der Waals surface area contributed by atoms with Gasteiger partial charge in [0.2, 0.25) is 0 Å². The van der Waals surface area contributed by atoms with Crippen LogP contribution in [0.5, 0.6) is 0 Å². The normalized spacial score (nSPS) is 17.6. The molecule has 6 heteroatoms. The molecule has 0 bridgehead atoms. The van der Waals surface area contributed by atoms with E-state index in [1.807, 2.05) is 18.2 Å². The van der Waals surface area contributed by atoms with E-state index in [0.717, 1.165) is 30.8 Å². The summed E-state index contributed by atoms with van der Waals surface area (Å²) in [6.07, 6.45) is 7.13. The van der Waals surface area contributed by atoms with Crippen molar-refractivity contribution in [3.8, 4) is 0 Å². The summed E-state index contributed by atoms with van der Waals surface area (Å²) in [6, 6.07) is 5.86. The molecule has 2 N–H and O–H groups in total. The summed E-state index contributed by atoms with van der Waals surface area (Å²) in [6.45, 7) is 1.39. The zero-order valence-corrected chi connectivity index (χ0v) is 11.6. The number of pyridine rings is 1. The molecule has 0 radical (unpaired) electrons. The Hall–Kier alpha value is -2.34. The van der Waals surface area contributed by atoms with Gasteiger partial charge in [-0.25, -0.2) is 4.98 Å². The highest BCUT2D eigenvalue weighted by Gasteiger charge is 2.18. The Morgan fingerprint density at radius 2 is 2.24 bits per heavy atom. The molecule has 6 nitrogen and oxygen atoms in total. The fourth-order valence-corrected chi connectivity index (χ4v) is 2.34. The number of hydrogen-bond donors (Lipinski definition) is 2. The van der Waals surface area contributed by atoms with E-state index in [9.17, 15) is 4.79 Å². The first-order chi connectivity index (χ1) is 10.3. The van der Waals surface area contributed by atoms with Crippen LogP contribution in [0.1, 0.15) is 40.8 Å². The lowest BCUT2D eigenvalue weighted by Gasteiger charge is -2.09. The monoisotopic (exact) mass is 283 g/mol. The third-order valence-electron chi connectivity index (χ3n) is 3.48. The van der Waals surface area contributed by atoms with Crippen LogP contribution in [0.4, 0.5) is 0 Å². The van der Waals surface area contributed by atoms with Gasteiger partial charge < -0.3 is 10.6 Å². The molecule has 1 unspecified atom stereocenters. The predicted octanol–water partition coefficient (Wildman–Crippen LogP) is 1.23. The minimum atomic E-state index is -0.237. The van der Waals surface area contributed by atoms with E-state index >= 15 is 0 Å². The number of nitrogens with one attached hydrogen (secondary N) is 2. The molecule has 0 saturated carbocycles. The van der Waals surface area contributed by atoms with Crippen LogP contribution in [0.2, 0.25) is 0 Å². The number of nitrogens with zero attached hydrogens (tertiary/aromatic N) is 3. The molecule has 2 aromatic heterocycles. The number of hydrogen-bond acceptors (Lipinski definition) is 5. The largest absolute Gasteiger partial charge is 0.345 e. The molecule has 1 amide bonds. The molecule has 0 aliphatic carbocycles. The highest BCUT2D eigenvalue weighted by Crippen LogP contribution is 2.20. The quantitative estimate of drug-likeness (QED) is 0.882. The Morgan fingerprint density at radius 3 is 2.90 bits per heavy atom. The van der Waals surface area contributed by atoms with E-state index in [-0.39, 0.29) is 11.9 Å². The lowest BCUT2D eigenvalue weighted by molar-refractivity contribution is 0.0945. The topological polar surface area (TPSA) is 79.8 Å². The molecule has 108 valence electrons. The van der Waals surface area contributed by atoms with E-state index in [0.29, 0.717) is 12.2 Å². The van der Waals surface area contributed by atoms with Crippen LogP contribution >= 0.6 is 0 Å². The first kappa shape index (κ1) is 13.6. The van der Waals surface area contributed by atoms with E-state index < -0.39 is 0 Å². The second-order valence-corrected chi connectivity index (χ2v) is 4.98. The molecule has 3 heterocycles. The predicted molar refractivity (Wildman–Crippen MR) is 77.4 cm³/mol. The second-order valence-electron chi connectivity index (χ2n) is 4.98. The summed E-state index contributed by atoms with van der Waals surface area (Å²) in [4.78, 5) is 24.7. The summed E-state index contributed by atoms with van der Waals surface area (Å²) < 4.78 is 0. The van der Waals surface area contributed by atoms with Gasteiger partial charge in [0.25, 0.3) is 5.91 Å². The van der Waals surface area contributed by atoms with Crippen LogP contribution in [0.15, 0.2) is 36.8 Å². The molecule has 21 heavy (non-hydrogen) atoms. The van der Waals surface area contributed by atoms with Crippen molar-refractivity contribution in [2.45, 2.75) is 25.4 Å².